The molecule has 0 aliphatic heterocycles. The molecule has 0 aromatic heterocycles. The number of carbonyl (C=O) groups excluding carboxylic acids is 1. The summed E-state index contributed by atoms with van der Waals surface area (Å²) < 4.78 is 4.86. The van der Waals surface area contributed by atoms with Crippen molar-refractivity contribution in [3.8, 4) is 0 Å². The van der Waals surface area contributed by atoms with E-state index in [2.05, 4.69) is 0 Å². The van der Waals surface area contributed by atoms with Crippen LogP contribution < -0.4 is 0 Å². The number of ether oxygens (including phenoxy) is 1. The van der Waals surface area contributed by atoms with E-state index in [0.29, 0.717) is 0 Å². The Balaban J connectivity index is 4.10. The van der Waals surface area contributed by atoms with Crippen molar-refractivity contribution in [2.24, 2.45) is 0 Å². The summed E-state index contributed by atoms with van der Waals surface area (Å²) in [4.78, 5) is 10.1. The third-order valence-electron chi connectivity index (χ3n) is 1.40. The zero-order valence-electron chi connectivity index (χ0n) is 6.88. The predicted octanol–water partition coefficient (Wildman–Crippen LogP) is -1.70. The van der Waals surface area contributed by atoms with Gasteiger partial charge in [0.25, 0.3) is 0 Å². The normalized spacial score (nSPS) is 18.3. The third kappa shape index (κ3) is 3.27. The van der Waals surface area contributed by atoms with Gasteiger partial charge in [-0.1, -0.05) is 0 Å². The van der Waals surface area contributed by atoms with Crippen LogP contribution in [0.4, 0.5) is 0 Å². The van der Waals surface area contributed by atoms with Crippen molar-refractivity contribution in [3.63, 3.8) is 0 Å². The van der Waals surface area contributed by atoms with Crippen LogP contribution in [-0.4, -0.2) is 53.1 Å². The van der Waals surface area contributed by atoms with Crippen molar-refractivity contribution >= 4 is 6.29 Å². The Morgan fingerprint density at radius 3 is 2.42 bits per heavy atom. The van der Waals surface area contributed by atoms with Crippen molar-refractivity contribution in [2.75, 3.05) is 13.2 Å². The molecule has 0 aromatic carbocycles. The van der Waals surface area contributed by atoms with Crippen LogP contribution in [-0.2, 0) is 9.53 Å². The highest BCUT2D eigenvalue weighted by Gasteiger charge is 2.26. The molecule has 0 fully saturated rings. The van der Waals surface area contributed by atoms with E-state index in [1.807, 2.05) is 0 Å². The maximum atomic E-state index is 10.1. The van der Waals surface area contributed by atoms with Crippen molar-refractivity contribution in [1.29, 1.82) is 0 Å². The zero-order chi connectivity index (χ0) is 9.56. The topological polar surface area (TPSA) is 87.0 Å². The molecule has 5 nitrogen and oxygen atoms in total. The van der Waals surface area contributed by atoms with E-state index in [9.17, 15) is 4.79 Å². The van der Waals surface area contributed by atoms with E-state index in [0.717, 1.165) is 0 Å². The van der Waals surface area contributed by atoms with E-state index in [1.54, 1.807) is 6.92 Å². The van der Waals surface area contributed by atoms with Crippen molar-refractivity contribution < 1.29 is 24.9 Å². The van der Waals surface area contributed by atoms with Crippen molar-refractivity contribution in [1.82, 2.24) is 0 Å². The highest BCUT2D eigenvalue weighted by Crippen LogP contribution is 2.03. The standard InChI is InChI=1S/C7H14O5/c1-2-12-7(5(10)3-8)6(11)4-9/h3,5-7,9-11H,2,4H2,1H3/t5-,6+,7+/m0/s1. The molecule has 0 amide bonds. The van der Waals surface area contributed by atoms with Crippen molar-refractivity contribution in [2.45, 2.75) is 25.2 Å². The first kappa shape index (κ1) is 11.5. The van der Waals surface area contributed by atoms with Gasteiger partial charge in [-0.2, -0.15) is 0 Å². The van der Waals surface area contributed by atoms with Gasteiger partial charge in [0.05, 0.1) is 6.61 Å². The molecule has 3 atom stereocenters. The van der Waals surface area contributed by atoms with Crippen LogP contribution in [0.5, 0.6) is 0 Å². The second kappa shape index (κ2) is 6.07. The highest BCUT2D eigenvalue weighted by atomic mass is 16.5. The molecule has 0 spiro atoms. The number of rotatable bonds is 6. The van der Waals surface area contributed by atoms with Gasteiger partial charge in [-0.3, -0.25) is 0 Å². The summed E-state index contributed by atoms with van der Waals surface area (Å²) in [6.07, 6.45) is -3.41. The van der Waals surface area contributed by atoms with E-state index < -0.39 is 24.9 Å². The summed E-state index contributed by atoms with van der Waals surface area (Å²) in [6.45, 7) is 1.37. The minimum atomic E-state index is -1.40. The molecule has 0 rings (SSSR count). The molecule has 0 aliphatic rings. The number of aliphatic hydroxyl groups excluding tert-OH is 3. The third-order valence-corrected chi connectivity index (χ3v) is 1.40. The molecule has 3 N–H and O–H groups in total. The number of aldehydes is 1. The summed E-state index contributed by atoms with van der Waals surface area (Å²) in [7, 11) is 0. The second-order valence-electron chi connectivity index (χ2n) is 2.30. The summed E-state index contributed by atoms with van der Waals surface area (Å²) in [5.74, 6) is 0. The Morgan fingerprint density at radius 1 is 1.50 bits per heavy atom. The number of aliphatic hydroxyl groups is 3. The van der Waals surface area contributed by atoms with Gasteiger partial charge in [0.1, 0.15) is 18.3 Å². The first-order valence-electron chi connectivity index (χ1n) is 3.71. The minimum Gasteiger partial charge on any atom is -0.394 e. The lowest BCUT2D eigenvalue weighted by molar-refractivity contribution is -0.136. The highest BCUT2D eigenvalue weighted by molar-refractivity contribution is 5.56. The smallest absolute Gasteiger partial charge is 0.151 e. The van der Waals surface area contributed by atoms with Gasteiger partial charge >= 0.3 is 0 Å². The minimum absolute atomic E-state index is 0.257. The van der Waals surface area contributed by atoms with E-state index in [-0.39, 0.29) is 12.9 Å². The first-order valence-corrected chi connectivity index (χ1v) is 3.71. The SMILES string of the molecule is CCO[C@@H]([C@H](O)CO)[C@@H](O)C=O. The van der Waals surface area contributed by atoms with Gasteiger partial charge in [-0.05, 0) is 6.92 Å². The van der Waals surface area contributed by atoms with Gasteiger partial charge in [0, 0.05) is 6.61 Å². The molecule has 0 aromatic rings. The fraction of sp³-hybridized carbons (Fsp3) is 0.857. The van der Waals surface area contributed by atoms with Gasteiger partial charge in [-0.25, -0.2) is 0 Å². The van der Waals surface area contributed by atoms with E-state index in [4.69, 9.17) is 20.1 Å². The van der Waals surface area contributed by atoms with Crippen LogP contribution in [0.25, 0.3) is 0 Å². The van der Waals surface area contributed by atoms with E-state index in [1.165, 1.54) is 0 Å². The lowest BCUT2D eigenvalue weighted by Crippen LogP contribution is -2.42. The molecule has 12 heavy (non-hydrogen) atoms. The molecular formula is C7H14O5. The monoisotopic (exact) mass is 178 g/mol. The summed E-state index contributed by atoms with van der Waals surface area (Å²) in [6, 6.07) is 0. The maximum absolute atomic E-state index is 10.1. The largest absolute Gasteiger partial charge is 0.394 e. The lowest BCUT2D eigenvalue weighted by Gasteiger charge is -2.22. The molecule has 0 unspecified atom stereocenters. The van der Waals surface area contributed by atoms with Crippen LogP contribution >= 0.6 is 0 Å². The molecule has 0 bridgehead atoms. The van der Waals surface area contributed by atoms with Crippen LogP contribution in [0, 0.1) is 0 Å². The van der Waals surface area contributed by atoms with Gasteiger partial charge in [-0.15, -0.1) is 0 Å². The van der Waals surface area contributed by atoms with Gasteiger partial charge in [0.2, 0.25) is 0 Å². The Bertz CT molecular complexity index is 127. The fourth-order valence-electron chi connectivity index (χ4n) is 0.811. The molecule has 72 valence electrons. The molecule has 0 aliphatic carbocycles. The van der Waals surface area contributed by atoms with Crippen LogP contribution in [0.15, 0.2) is 0 Å². The van der Waals surface area contributed by atoms with Gasteiger partial charge in [0.15, 0.2) is 6.29 Å². The number of carbonyl (C=O) groups is 1. The maximum Gasteiger partial charge on any atom is 0.151 e. The summed E-state index contributed by atoms with van der Waals surface area (Å²) >= 11 is 0. The molecule has 0 radical (unpaired) electrons. The van der Waals surface area contributed by atoms with Crippen molar-refractivity contribution in [3.05, 3.63) is 0 Å². The Labute approximate surface area is 70.6 Å². The summed E-state index contributed by atoms with van der Waals surface area (Å²) in [5, 5.41) is 26.6. The Kier molecular flexibility index (Phi) is 5.83. The molecular weight excluding hydrogens is 164 g/mol. The quantitative estimate of drug-likeness (QED) is 0.422. The first-order chi connectivity index (χ1) is 5.67. The zero-order valence-corrected chi connectivity index (χ0v) is 6.88. The van der Waals surface area contributed by atoms with Gasteiger partial charge < -0.3 is 24.9 Å². The lowest BCUT2D eigenvalue weighted by atomic mass is 10.1. The Morgan fingerprint density at radius 2 is 2.08 bits per heavy atom. The molecule has 0 heterocycles. The summed E-state index contributed by atoms with van der Waals surface area (Å²) in [5.41, 5.74) is 0. The van der Waals surface area contributed by atoms with Crippen LogP contribution in [0.3, 0.4) is 0 Å². The fourth-order valence-corrected chi connectivity index (χ4v) is 0.811. The number of hydrogen-bond donors (Lipinski definition) is 3. The second-order valence-corrected chi connectivity index (χ2v) is 2.30. The predicted molar refractivity (Wildman–Crippen MR) is 40.6 cm³/mol. The van der Waals surface area contributed by atoms with Crippen LogP contribution in [0.2, 0.25) is 0 Å². The van der Waals surface area contributed by atoms with E-state index >= 15 is 0 Å². The molecule has 0 saturated heterocycles. The average molecular weight is 178 g/mol. The average Bonchev–Trinajstić information content (AvgIpc) is 2.11. The molecule has 0 saturated carbocycles. The van der Waals surface area contributed by atoms with Crippen LogP contribution in [0.1, 0.15) is 6.92 Å². The Hall–Kier alpha value is -0.490. The number of hydrogen-bond acceptors (Lipinski definition) is 5. The molecule has 5 heteroatoms.